The maximum Gasteiger partial charge on any atom is 0.164 e. The van der Waals surface area contributed by atoms with Gasteiger partial charge in [0.25, 0.3) is 0 Å². The molecule has 0 bridgehead atoms. The topological polar surface area (TPSA) is 43.6 Å². The van der Waals surface area contributed by atoms with Crippen LogP contribution >= 0.6 is 0 Å². The molecule has 0 N–H and O–H groups in total. The van der Waals surface area contributed by atoms with Crippen molar-refractivity contribution in [2.75, 3.05) is 0 Å². The first-order chi connectivity index (χ1) is 29.5. The van der Waals surface area contributed by atoms with Gasteiger partial charge >= 0.3 is 0 Å². The molecule has 0 aliphatic heterocycles. The van der Waals surface area contributed by atoms with Gasteiger partial charge in [0, 0.05) is 38.6 Å². The lowest BCUT2D eigenvalue weighted by molar-refractivity contribution is 0.660. The second-order valence-electron chi connectivity index (χ2n) is 16.5. The van der Waals surface area contributed by atoms with E-state index < -0.39 is 0 Å². The molecule has 0 spiro atoms. The highest BCUT2D eigenvalue weighted by atomic mass is 15.0. The highest BCUT2D eigenvalue weighted by molar-refractivity contribution is 6.16. The summed E-state index contributed by atoms with van der Waals surface area (Å²) < 4.78 is 2.37. The Morgan fingerprint density at radius 3 is 1.63 bits per heavy atom. The van der Waals surface area contributed by atoms with Gasteiger partial charge in [-0.1, -0.05) is 159 Å². The number of nitrogens with zero attached hydrogens (tertiary/aromatic N) is 4. The molecule has 282 valence electrons. The molecule has 12 rings (SSSR count). The summed E-state index contributed by atoms with van der Waals surface area (Å²) in [4.78, 5) is 15.9. The number of aromatic nitrogens is 4. The maximum absolute atomic E-state index is 5.33. The van der Waals surface area contributed by atoms with E-state index >= 15 is 0 Å². The lowest BCUT2D eigenvalue weighted by Crippen LogP contribution is -2.14. The molecule has 0 amide bonds. The quantitative estimate of drug-likeness (QED) is 0.175. The van der Waals surface area contributed by atoms with Gasteiger partial charge in [-0.05, 0) is 103 Å². The molecule has 4 heteroatoms. The van der Waals surface area contributed by atoms with Crippen LogP contribution in [0.5, 0.6) is 0 Å². The molecule has 0 saturated heterocycles. The van der Waals surface area contributed by atoms with Crippen LogP contribution in [0.3, 0.4) is 0 Å². The molecule has 0 radical (unpaired) electrons. The summed E-state index contributed by atoms with van der Waals surface area (Å²) in [6.07, 6.45) is 0. The van der Waals surface area contributed by atoms with Gasteiger partial charge in [0.2, 0.25) is 0 Å². The Morgan fingerprint density at radius 1 is 0.367 bits per heavy atom. The molecule has 4 nitrogen and oxygen atoms in total. The molecule has 0 atom stereocenters. The van der Waals surface area contributed by atoms with Crippen molar-refractivity contribution in [3.63, 3.8) is 0 Å². The Balaban J connectivity index is 1.11. The molecule has 60 heavy (non-hydrogen) atoms. The van der Waals surface area contributed by atoms with Gasteiger partial charge in [-0.25, -0.2) is 15.0 Å². The predicted octanol–water partition coefficient (Wildman–Crippen LogP) is 14.2. The molecule has 2 aromatic heterocycles. The third kappa shape index (κ3) is 5.34. The van der Waals surface area contributed by atoms with Gasteiger partial charge < -0.3 is 4.57 Å². The number of benzene rings is 9. The van der Waals surface area contributed by atoms with Crippen molar-refractivity contribution in [2.45, 2.75) is 19.3 Å². The Labute approximate surface area is 348 Å². The molecule has 11 aromatic rings. The summed E-state index contributed by atoms with van der Waals surface area (Å²) in [6, 6.07) is 69.7. The van der Waals surface area contributed by atoms with Crippen molar-refractivity contribution < 1.29 is 0 Å². The van der Waals surface area contributed by atoms with Gasteiger partial charge in [-0.3, -0.25) is 0 Å². The summed E-state index contributed by atoms with van der Waals surface area (Å²) in [5.74, 6) is 1.91. The number of hydrogen-bond acceptors (Lipinski definition) is 3. The molecular weight excluding hydrogens is 729 g/mol. The van der Waals surface area contributed by atoms with Crippen LogP contribution in [0.25, 0.3) is 105 Å². The lowest BCUT2D eigenvalue weighted by Gasteiger charge is -2.21. The predicted molar refractivity (Wildman–Crippen MR) is 248 cm³/mol. The first kappa shape index (κ1) is 34.4. The van der Waals surface area contributed by atoms with Gasteiger partial charge in [0.05, 0.1) is 11.0 Å². The van der Waals surface area contributed by atoms with Crippen LogP contribution in [0.15, 0.2) is 194 Å². The van der Waals surface area contributed by atoms with Crippen molar-refractivity contribution in [2.24, 2.45) is 0 Å². The van der Waals surface area contributed by atoms with E-state index in [1.807, 2.05) is 0 Å². The normalized spacial score (nSPS) is 13.0. The first-order valence-electron chi connectivity index (χ1n) is 20.6. The number of fused-ring (bicyclic) bond motifs is 8. The first-order valence-corrected chi connectivity index (χ1v) is 20.6. The Hall–Kier alpha value is -7.69. The highest BCUT2D eigenvalue weighted by Gasteiger charge is 2.35. The summed E-state index contributed by atoms with van der Waals surface area (Å²) >= 11 is 0. The Morgan fingerprint density at radius 2 is 0.917 bits per heavy atom. The van der Waals surface area contributed by atoms with Crippen LogP contribution in [0.1, 0.15) is 25.0 Å². The molecule has 0 fully saturated rings. The maximum atomic E-state index is 5.33. The van der Waals surface area contributed by atoms with E-state index in [-0.39, 0.29) is 5.41 Å². The smallest absolute Gasteiger partial charge is 0.164 e. The zero-order chi connectivity index (χ0) is 40.0. The molecule has 9 aromatic carbocycles. The fourth-order valence-corrected chi connectivity index (χ4v) is 9.60. The van der Waals surface area contributed by atoms with E-state index in [0.717, 1.165) is 55.0 Å². The van der Waals surface area contributed by atoms with E-state index in [2.05, 4.69) is 213 Å². The summed E-state index contributed by atoms with van der Waals surface area (Å²) in [5.41, 5.74) is 13.9. The van der Waals surface area contributed by atoms with Gasteiger partial charge in [0.15, 0.2) is 17.5 Å². The SMILES string of the molecule is CC1(C)c2ccccc2-c2cc(-c3ccc4c(c3)c3c(-c5nc(-c6ccc7ccccc7c6)nc(-c6ccc7ccccc7c6)n5)cccc3n4-c3ccccc3)ccc21. The molecule has 1 aliphatic carbocycles. The zero-order valence-electron chi connectivity index (χ0n) is 33.3. The third-order valence-electron chi connectivity index (χ3n) is 12.6. The van der Waals surface area contributed by atoms with Crippen LogP contribution in [-0.2, 0) is 5.41 Å². The minimum Gasteiger partial charge on any atom is -0.309 e. The Bertz CT molecular complexity index is 3430. The second-order valence-corrected chi connectivity index (χ2v) is 16.5. The van der Waals surface area contributed by atoms with E-state index in [9.17, 15) is 0 Å². The van der Waals surface area contributed by atoms with Crippen molar-refractivity contribution in [1.82, 2.24) is 19.5 Å². The van der Waals surface area contributed by atoms with E-state index in [1.165, 1.54) is 44.2 Å². The average molecular weight is 767 g/mol. The van der Waals surface area contributed by atoms with Crippen LogP contribution < -0.4 is 0 Å². The van der Waals surface area contributed by atoms with E-state index in [0.29, 0.717) is 17.5 Å². The van der Waals surface area contributed by atoms with Crippen LogP contribution in [0, 0.1) is 0 Å². The molecule has 2 heterocycles. The van der Waals surface area contributed by atoms with Crippen LogP contribution in [-0.4, -0.2) is 19.5 Å². The third-order valence-corrected chi connectivity index (χ3v) is 12.6. The molecular formula is C56H38N4. The largest absolute Gasteiger partial charge is 0.309 e. The minimum absolute atomic E-state index is 0.0473. The molecule has 0 saturated carbocycles. The van der Waals surface area contributed by atoms with Crippen LogP contribution in [0.2, 0.25) is 0 Å². The minimum atomic E-state index is -0.0473. The standard InChI is InChI=1S/C56H38N4/c1-56(2)48-21-11-10-19-44(48)46-33-39(27-29-49(46)56)40-28-30-50-47(34-40)52-45(20-12-22-51(52)60(50)43-17-4-3-5-18-43)55-58-53(41-25-23-35-13-6-8-15-37(35)31-41)57-54(59-55)42-26-24-36-14-7-9-16-38(36)32-42/h3-34H,1-2H3. The monoisotopic (exact) mass is 766 g/mol. The Kier molecular flexibility index (Phi) is 7.54. The number of hydrogen-bond donors (Lipinski definition) is 0. The van der Waals surface area contributed by atoms with Crippen molar-refractivity contribution >= 4 is 43.4 Å². The van der Waals surface area contributed by atoms with Crippen LogP contribution in [0.4, 0.5) is 0 Å². The zero-order valence-corrected chi connectivity index (χ0v) is 33.3. The van der Waals surface area contributed by atoms with Crippen molar-refractivity contribution in [3.05, 3.63) is 205 Å². The van der Waals surface area contributed by atoms with Crippen molar-refractivity contribution in [1.29, 1.82) is 0 Å². The average Bonchev–Trinajstić information content (AvgIpc) is 3.76. The number of rotatable bonds is 5. The van der Waals surface area contributed by atoms with E-state index in [1.54, 1.807) is 0 Å². The molecule has 0 unspecified atom stereocenters. The summed E-state index contributed by atoms with van der Waals surface area (Å²) in [7, 11) is 0. The van der Waals surface area contributed by atoms with Gasteiger partial charge in [-0.2, -0.15) is 0 Å². The fraction of sp³-hybridized carbons (Fsp3) is 0.0536. The highest BCUT2D eigenvalue weighted by Crippen LogP contribution is 2.50. The molecule has 1 aliphatic rings. The number of para-hydroxylation sites is 1. The van der Waals surface area contributed by atoms with Gasteiger partial charge in [0.1, 0.15) is 0 Å². The van der Waals surface area contributed by atoms with Gasteiger partial charge in [-0.15, -0.1) is 0 Å². The summed E-state index contributed by atoms with van der Waals surface area (Å²) in [5, 5.41) is 6.88. The fourth-order valence-electron chi connectivity index (χ4n) is 9.60. The second kappa shape index (κ2) is 13.2. The van der Waals surface area contributed by atoms with Crippen molar-refractivity contribution in [3.8, 4) is 62.1 Å². The lowest BCUT2D eigenvalue weighted by atomic mass is 9.82. The van der Waals surface area contributed by atoms with E-state index in [4.69, 9.17) is 15.0 Å². The summed E-state index contributed by atoms with van der Waals surface area (Å²) in [6.45, 7) is 4.67.